The average Bonchev–Trinajstić information content (AvgIpc) is 2.82. The molecule has 1 fully saturated rings. The normalized spacial score (nSPS) is 17.7. The summed E-state index contributed by atoms with van der Waals surface area (Å²) in [6, 6.07) is 6.70. The second-order valence-electron chi connectivity index (χ2n) is 5.21. The van der Waals surface area contributed by atoms with Crippen LogP contribution in [-0.4, -0.2) is 4.98 Å². The summed E-state index contributed by atoms with van der Waals surface area (Å²) in [6.45, 7) is 3.98. The third-order valence-electron chi connectivity index (χ3n) is 4.11. The van der Waals surface area contributed by atoms with E-state index in [4.69, 9.17) is 0 Å². The lowest BCUT2D eigenvalue weighted by Gasteiger charge is -2.21. The molecule has 1 saturated carbocycles. The van der Waals surface area contributed by atoms with Crippen LogP contribution in [0.5, 0.6) is 0 Å². The molecule has 2 aromatic rings. The van der Waals surface area contributed by atoms with Gasteiger partial charge in [-0.2, -0.15) is 0 Å². The summed E-state index contributed by atoms with van der Waals surface area (Å²) in [5.74, 6) is 0.776. The van der Waals surface area contributed by atoms with E-state index in [9.17, 15) is 0 Å². The van der Waals surface area contributed by atoms with Crippen molar-refractivity contribution in [1.29, 1.82) is 0 Å². The highest BCUT2D eigenvalue weighted by molar-refractivity contribution is 5.84. The Balaban J connectivity index is 2.02. The monoisotopic (exact) mass is 226 g/mol. The van der Waals surface area contributed by atoms with E-state index < -0.39 is 0 Å². The van der Waals surface area contributed by atoms with Crippen molar-refractivity contribution in [3.8, 4) is 0 Å². The van der Waals surface area contributed by atoms with Gasteiger partial charge < -0.3 is 4.98 Å². The van der Waals surface area contributed by atoms with Gasteiger partial charge in [0, 0.05) is 17.1 Å². The van der Waals surface area contributed by atoms with E-state index in [1.54, 1.807) is 0 Å². The minimum Gasteiger partial charge on any atom is -0.361 e. The molecule has 17 heavy (non-hydrogen) atoms. The molecule has 0 aliphatic heterocycles. The Hall–Kier alpha value is -1.24. The zero-order valence-electron chi connectivity index (χ0n) is 10.3. The fraction of sp³-hybridized carbons (Fsp3) is 0.438. The van der Waals surface area contributed by atoms with Crippen molar-refractivity contribution in [3.63, 3.8) is 0 Å². The first-order valence-electron chi connectivity index (χ1n) is 6.77. The van der Waals surface area contributed by atoms with Gasteiger partial charge in [-0.05, 0) is 55.4 Å². The van der Waals surface area contributed by atoms with E-state index in [0.29, 0.717) is 0 Å². The Labute approximate surface area is 103 Å². The van der Waals surface area contributed by atoms with Crippen molar-refractivity contribution < 1.29 is 0 Å². The second kappa shape index (κ2) is 4.56. The van der Waals surface area contributed by atoms with E-state index in [1.807, 2.05) is 0 Å². The number of fused-ring (bicyclic) bond motifs is 1. The van der Waals surface area contributed by atoms with E-state index in [0.717, 1.165) is 12.3 Å². The van der Waals surface area contributed by atoms with Crippen LogP contribution in [-0.2, 0) is 6.42 Å². The predicted molar refractivity (Wildman–Crippen MR) is 73.2 cm³/mol. The first-order valence-corrected chi connectivity index (χ1v) is 6.77. The highest BCUT2D eigenvalue weighted by Gasteiger charge is 2.18. The van der Waals surface area contributed by atoms with Gasteiger partial charge in [0.1, 0.15) is 0 Å². The highest BCUT2D eigenvalue weighted by atomic mass is 14.7. The summed E-state index contributed by atoms with van der Waals surface area (Å²) in [6.07, 6.45) is 10.0. The molecule has 0 unspecified atom stereocenters. The van der Waals surface area contributed by atoms with Gasteiger partial charge in [0.25, 0.3) is 0 Å². The molecule has 1 N–H and O–H groups in total. The summed E-state index contributed by atoms with van der Waals surface area (Å²) >= 11 is 0. The molecule has 0 saturated heterocycles. The van der Waals surface area contributed by atoms with Crippen molar-refractivity contribution in [2.75, 3.05) is 0 Å². The van der Waals surface area contributed by atoms with E-state index in [2.05, 4.69) is 36.3 Å². The van der Waals surface area contributed by atoms with Crippen LogP contribution in [0.1, 0.15) is 49.1 Å². The number of benzene rings is 1. The largest absolute Gasteiger partial charge is 0.361 e. The zero-order chi connectivity index (χ0) is 11.7. The number of H-pyrrole nitrogens is 1. The lowest BCUT2D eigenvalue weighted by Crippen LogP contribution is -2.03. The Morgan fingerprint density at radius 1 is 1.18 bits per heavy atom. The Bertz CT molecular complexity index is 503. The average molecular weight is 226 g/mol. The topological polar surface area (TPSA) is 15.8 Å². The maximum absolute atomic E-state index is 3.98. The van der Waals surface area contributed by atoms with Gasteiger partial charge >= 0.3 is 0 Å². The van der Waals surface area contributed by atoms with Gasteiger partial charge in [-0.1, -0.05) is 25.3 Å². The first-order chi connectivity index (χ1) is 8.38. The summed E-state index contributed by atoms with van der Waals surface area (Å²) < 4.78 is 0. The van der Waals surface area contributed by atoms with Crippen LogP contribution in [0.2, 0.25) is 0 Å². The maximum Gasteiger partial charge on any atom is 0.0457 e. The summed E-state index contributed by atoms with van der Waals surface area (Å²) in [5, 5.41) is 1.43. The van der Waals surface area contributed by atoms with Gasteiger partial charge in [-0.15, -0.1) is 0 Å². The lowest BCUT2D eigenvalue weighted by atomic mass is 9.84. The van der Waals surface area contributed by atoms with Crippen molar-refractivity contribution in [3.05, 3.63) is 42.4 Å². The van der Waals surface area contributed by atoms with Crippen LogP contribution in [0, 0.1) is 6.92 Å². The molecule has 1 nitrogen and oxygen atoms in total. The minimum absolute atomic E-state index is 0.776. The molecule has 0 amide bonds. The number of hydrogen-bond donors (Lipinski definition) is 1. The van der Waals surface area contributed by atoms with Crippen LogP contribution >= 0.6 is 0 Å². The Morgan fingerprint density at radius 2 is 2.00 bits per heavy atom. The van der Waals surface area contributed by atoms with Crippen molar-refractivity contribution in [2.45, 2.75) is 44.4 Å². The molecule has 0 atom stereocenters. The standard InChI is InChI=1S/C16H20N/c1-2-12-8-9-16-14(10-12)15(11-17-16)13-6-4-3-5-7-13/h8-11,13,17H,1-7H2. The Kier molecular flexibility index (Phi) is 2.92. The molecular weight excluding hydrogens is 206 g/mol. The smallest absolute Gasteiger partial charge is 0.0457 e. The number of nitrogens with one attached hydrogen (secondary N) is 1. The number of aromatic amines is 1. The lowest BCUT2D eigenvalue weighted by molar-refractivity contribution is 0.445. The van der Waals surface area contributed by atoms with Crippen LogP contribution in [0.4, 0.5) is 0 Å². The molecule has 89 valence electrons. The quantitative estimate of drug-likeness (QED) is 0.770. The minimum atomic E-state index is 0.776. The molecular formula is C16H20N. The van der Waals surface area contributed by atoms with Crippen LogP contribution in [0.3, 0.4) is 0 Å². The SMILES string of the molecule is [CH2]Cc1ccc2[nH]cc(C3CCCCC3)c2c1. The third-order valence-corrected chi connectivity index (χ3v) is 4.11. The first kappa shape index (κ1) is 10.9. The summed E-state index contributed by atoms with van der Waals surface area (Å²) in [4.78, 5) is 3.42. The molecule has 1 aromatic carbocycles. The fourth-order valence-corrected chi connectivity index (χ4v) is 3.10. The highest BCUT2D eigenvalue weighted by Crippen LogP contribution is 2.36. The van der Waals surface area contributed by atoms with Gasteiger partial charge in [-0.3, -0.25) is 0 Å². The zero-order valence-corrected chi connectivity index (χ0v) is 10.3. The molecule has 1 aromatic heterocycles. The van der Waals surface area contributed by atoms with Gasteiger partial charge in [0.05, 0.1) is 0 Å². The van der Waals surface area contributed by atoms with Crippen LogP contribution in [0.25, 0.3) is 10.9 Å². The maximum atomic E-state index is 3.98. The van der Waals surface area contributed by atoms with Crippen molar-refractivity contribution in [2.24, 2.45) is 0 Å². The summed E-state index contributed by atoms with van der Waals surface area (Å²) in [5.41, 5.74) is 4.16. The summed E-state index contributed by atoms with van der Waals surface area (Å²) in [7, 11) is 0. The second-order valence-corrected chi connectivity index (χ2v) is 5.21. The number of aromatic nitrogens is 1. The van der Waals surface area contributed by atoms with Crippen LogP contribution < -0.4 is 0 Å². The number of rotatable bonds is 2. The van der Waals surface area contributed by atoms with E-state index >= 15 is 0 Å². The van der Waals surface area contributed by atoms with E-state index in [-0.39, 0.29) is 0 Å². The van der Waals surface area contributed by atoms with E-state index in [1.165, 1.54) is 54.1 Å². The molecule has 0 spiro atoms. The third kappa shape index (κ3) is 1.99. The molecule has 1 aliphatic carbocycles. The predicted octanol–water partition coefficient (Wildman–Crippen LogP) is 4.59. The van der Waals surface area contributed by atoms with Crippen LogP contribution in [0.15, 0.2) is 24.4 Å². The molecule has 1 aliphatic rings. The van der Waals surface area contributed by atoms with Crippen molar-refractivity contribution in [1.82, 2.24) is 4.98 Å². The molecule has 1 heterocycles. The fourth-order valence-electron chi connectivity index (χ4n) is 3.10. The van der Waals surface area contributed by atoms with Crippen molar-refractivity contribution >= 4 is 10.9 Å². The van der Waals surface area contributed by atoms with Gasteiger partial charge in [0.2, 0.25) is 0 Å². The Morgan fingerprint density at radius 3 is 2.76 bits per heavy atom. The van der Waals surface area contributed by atoms with Gasteiger partial charge in [-0.25, -0.2) is 0 Å². The molecule has 1 heteroatoms. The molecule has 0 bridgehead atoms. The number of hydrogen-bond acceptors (Lipinski definition) is 0. The van der Waals surface area contributed by atoms with Gasteiger partial charge in [0.15, 0.2) is 0 Å². The molecule has 3 rings (SSSR count). The molecule has 1 radical (unpaired) electrons.